The molecule has 3 nitrogen and oxygen atoms in total. The number of aromatic nitrogens is 1. The first-order valence-electron chi connectivity index (χ1n) is 6.95. The average Bonchev–Trinajstić information content (AvgIpc) is 3.01. The van der Waals surface area contributed by atoms with Crippen molar-refractivity contribution in [3.8, 4) is 6.07 Å². The Morgan fingerprint density at radius 2 is 2.14 bits per heavy atom. The SMILES string of the molecule is N#Cc1cc(N2CCc3sccc3C2)c2ccccc2n1. The Morgan fingerprint density at radius 3 is 3.05 bits per heavy atom. The normalized spacial score (nSPS) is 14.0. The van der Waals surface area contributed by atoms with Crippen LogP contribution in [0.1, 0.15) is 16.1 Å². The molecule has 0 amide bonds. The van der Waals surface area contributed by atoms with Gasteiger partial charge in [0.25, 0.3) is 0 Å². The fourth-order valence-corrected chi connectivity index (χ4v) is 3.82. The van der Waals surface area contributed by atoms with Gasteiger partial charge in [-0.3, -0.25) is 0 Å². The van der Waals surface area contributed by atoms with Gasteiger partial charge in [0.15, 0.2) is 0 Å². The van der Waals surface area contributed by atoms with E-state index in [2.05, 4.69) is 33.5 Å². The Balaban J connectivity index is 1.85. The minimum absolute atomic E-state index is 0.486. The van der Waals surface area contributed by atoms with Crippen LogP contribution in [0.15, 0.2) is 41.8 Å². The molecule has 0 aliphatic carbocycles. The minimum atomic E-state index is 0.486. The molecule has 1 aliphatic heterocycles. The molecule has 0 saturated carbocycles. The molecule has 102 valence electrons. The van der Waals surface area contributed by atoms with Crippen molar-refractivity contribution in [2.45, 2.75) is 13.0 Å². The fraction of sp³-hybridized carbons (Fsp3) is 0.176. The van der Waals surface area contributed by atoms with E-state index in [1.165, 1.54) is 10.4 Å². The van der Waals surface area contributed by atoms with Crippen molar-refractivity contribution in [2.24, 2.45) is 0 Å². The average molecular weight is 291 g/mol. The molecule has 2 aromatic heterocycles. The summed E-state index contributed by atoms with van der Waals surface area (Å²) in [6.45, 7) is 1.91. The lowest BCUT2D eigenvalue weighted by Crippen LogP contribution is -2.29. The number of nitriles is 1. The Kier molecular flexibility index (Phi) is 2.87. The summed E-state index contributed by atoms with van der Waals surface area (Å²) in [5, 5.41) is 12.5. The summed E-state index contributed by atoms with van der Waals surface area (Å²) in [6.07, 6.45) is 1.07. The van der Waals surface area contributed by atoms with Crippen LogP contribution in [0.3, 0.4) is 0 Å². The van der Waals surface area contributed by atoms with Crippen molar-refractivity contribution < 1.29 is 0 Å². The van der Waals surface area contributed by atoms with Gasteiger partial charge < -0.3 is 4.90 Å². The molecule has 4 heteroatoms. The monoisotopic (exact) mass is 291 g/mol. The molecule has 3 heterocycles. The van der Waals surface area contributed by atoms with Crippen LogP contribution in [0.4, 0.5) is 5.69 Å². The maximum Gasteiger partial charge on any atom is 0.143 e. The molecule has 1 aliphatic rings. The molecule has 1 aromatic carbocycles. The number of anilines is 1. The van der Waals surface area contributed by atoms with Crippen molar-refractivity contribution in [2.75, 3.05) is 11.4 Å². The molecule has 0 atom stereocenters. The van der Waals surface area contributed by atoms with E-state index < -0.39 is 0 Å². The second-order valence-corrected chi connectivity index (χ2v) is 6.20. The quantitative estimate of drug-likeness (QED) is 0.686. The third kappa shape index (κ3) is 2.07. The van der Waals surface area contributed by atoms with Crippen LogP contribution < -0.4 is 4.90 Å². The summed E-state index contributed by atoms with van der Waals surface area (Å²) >= 11 is 1.84. The molecule has 0 unspecified atom stereocenters. The zero-order valence-corrected chi connectivity index (χ0v) is 12.2. The second-order valence-electron chi connectivity index (χ2n) is 5.20. The smallest absolute Gasteiger partial charge is 0.143 e. The number of para-hydroxylation sites is 1. The Morgan fingerprint density at radius 1 is 1.24 bits per heavy atom. The first-order chi connectivity index (χ1) is 10.3. The van der Waals surface area contributed by atoms with E-state index in [9.17, 15) is 5.26 Å². The van der Waals surface area contributed by atoms with Crippen LogP contribution >= 0.6 is 11.3 Å². The number of nitrogens with zero attached hydrogens (tertiary/aromatic N) is 3. The van der Waals surface area contributed by atoms with E-state index in [0.29, 0.717) is 5.69 Å². The summed E-state index contributed by atoms with van der Waals surface area (Å²) in [6, 6.07) is 14.4. The van der Waals surface area contributed by atoms with Crippen LogP contribution in [-0.2, 0) is 13.0 Å². The molecule has 4 rings (SSSR count). The Bertz CT molecular complexity index is 860. The molecular formula is C17H13N3S. The number of benzene rings is 1. The number of hydrogen-bond donors (Lipinski definition) is 0. The van der Waals surface area contributed by atoms with Crippen LogP contribution in [0.2, 0.25) is 0 Å². The van der Waals surface area contributed by atoms with Crippen molar-refractivity contribution >= 4 is 27.9 Å². The lowest BCUT2D eigenvalue weighted by molar-refractivity contribution is 0.746. The van der Waals surface area contributed by atoms with Crippen LogP contribution in [0, 0.1) is 11.3 Å². The molecule has 0 radical (unpaired) electrons. The molecule has 3 aromatic rings. The molecule has 0 saturated heterocycles. The summed E-state index contributed by atoms with van der Waals surface area (Å²) in [5.74, 6) is 0. The highest BCUT2D eigenvalue weighted by atomic mass is 32.1. The predicted molar refractivity (Wildman–Crippen MR) is 85.5 cm³/mol. The van der Waals surface area contributed by atoms with Gasteiger partial charge in [-0.05, 0) is 35.6 Å². The molecule has 0 fully saturated rings. The highest BCUT2D eigenvalue weighted by Crippen LogP contribution is 2.32. The first-order valence-corrected chi connectivity index (χ1v) is 7.83. The lowest BCUT2D eigenvalue weighted by Gasteiger charge is -2.30. The van der Waals surface area contributed by atoms with E-state index in [4.69, 9.17) is 0 Å². The van der Waals surface area contributed by atoms with Crippen molar-refractivity contribution in [3.63, 3.8) is 0 Å². The van der Waals surface area contributed by atoms with Gasteiger partial charge in [-0.25, -0.2) is 4.98 Å². The van der Waals surface area contributed by atoms with E-state index in [1.807, 2.05) is 35.6 Å². The van der Waals surface area contributed by atoms with Gasteiger partial charge in [0.2, 0.25) is 0 Å². The summed E-state index contributed by atoms with van der Waals surface area (Å²) in [4.78, 5) is 8.25. The highest BCUT2D eigenvalue weighted by Gasteiger charge is 2.19. The first kappa shape index (κ1) is 12.4. The van der Waals surface area contributed by atoms with E-state index in [0.717, 1.165) is 36.1 Å². The van der Waals surface area contributed by atoms with E-state index >= 15 is 0 Å². The van der Waals surface area contributed by atoms with E-state index in [1.54, 1.807) is 0 Å². The Hall–Kier alpha value is -2.38. The minimum Gasteiger partial charge on any atom is -0.366 e. The Labute approximate surface area is 127 Å². The molecule has 21 heavy (non-hydrogen) atoms. The van der Waals surface area contributed by atoms with Crippen molar-refractivity contribution in [1.29, 1.82) is 5.26 Å². The highest BCUT2D eigenvalue weighted by molar-refractivity contribution is 7.10. The maximum absolute atomic E-state index is 9.22. The standard InChI is InChI=1S/C17H13N3S/c18-10-13-9-16(14-3-1-2-4-15(14)19-13)20-7-5-17-12(11-20)6-8-21-17/h1-4,6,8-9H,5,7,11H2. The number of hydrogen-bond acceptors (Lipinski definition) is 4. The van der Waals surface area contributed by atoms with Crippen molar-refractivity contribution in [3.05, 3.63) is 57.9 Å². The van der Waals surface area contributed by atoms with Gasteiger partial charge >= 0.3 is 0 Å². The molecular weight excluding hydrogens is 278 g/mol. The van der Waals surface area contributed by atoms with Gasteiger partial charge in [-0.15, -0.1) is 11.3 Å². The zero-order valence-electron chi connectivity index (χ0n) is 11.4. The van der Waals surface area contributed by atoms with Gasteiger partial charge in [-0.1, -0.05) is 18.2 Å². The van der Waals surface area contributed by atoms with Crippen molar-refractivity contribution in [1.82, 2.24) is 4.98 Å². The third-order valence-corrected chi connectivity index (χ3v) is 4.98. The molecule has 0 spiro atoms. The summed E-state index contributed by atoms with van der Waals surface area (Å²) in [7, 11) is 0. The second kappa shape index (κ2) is 4.87. The topological polar surface area (TPSA) is 39.9 Å². The molecule has 0 bridgehead atoms. The number of fused-ring (bicyclic) bond motifs is 2. The number of rotatable bonds is 1. The van der Waals surface area contributed by atoms with Crippen LogP contribution in [-0.4, -0.2) is 11.5 Å². The summed E-state index contributed by atoms with van der Waals surface area (Å²) in [5.41, 5.74) is 3.90. The largest absolute Gasteiger partial charge is 0.366 e. The maximum atomic E-state index is 9.22. The van der Waals surface area contributed by atoms with E-state index in [-0.39, 0.29) is 0 Å². The number of thiophene rings is 1. The third-order valence-electron chi connectivity index (χ3n) is 3.96. The lowest BCUT2D eigenvalue weighted by atomic mass is 10.1. The van der Waals surface area contributed by atoms with Gasteiger partial charge in [-0.2, -0.15) is 5.26 Å². The predicted octanol–water partition coefficient (Wildman–Crippen LogP) is 3.73. The molecule has 0 N–H and O–H groups in total. The summed E-state index contributed by atoms with van der Waals surface area (Å²) < 4.78 is 0. The van der Waals surface area contributed by atoms with Gasteiger partial charge in [0, 0.05) is 29.0 Å². The number of pyridine rings is 1. The van der Waals surface area contributed by atoms with Gasteiger partial charge in [0.05, 0.1) is 5.52 Å². The van der Waals surface area contributed by atoms with Crippen LogP contribution in [0.25, 0.3) is 10.9 Å². The van der Waals surface area contributed by atoms with Gasteiger partial charge in [0.1, 0.15) is 11.8 Å². The van der Waals surface area contributed by atoms with Crippen LogP contribution in [0.5, 0.6) is 0 Å². The fourth-order valence-electron chi connectivity index (χ4n) is 2.93. The zero-order chi connectivity index (χ0) is 14.2.